The number of ether oxygens (including phenoxy) is 1. The normalized spacial score (nSPS) is 12.3. The Morgan fingerprint density at radius 2 is 2.22 bits per heavy atom. The lowest BCUT2D eigenvalue weighted by Gasteiger charge is -2.02. The summed E-state index contributed by atoms with van der Waals surface area (Å²) in [5.41, 5.74) is 0. The second kappa shape index (κ2) is 3.67. The average molecular weight is 193 g/mol. The van der Waals surface area contributed by atoms with E-state index in [-0.39, 0.29) is 10.8 Å². The molecule has 2 nitrogen and oxygen atoms in total. The fourth-order valence-electron chi connectivity index (χ4n) is 0.253. The second-order valence-corrected chi connectivity index (χ2v) is 3.11. The van der Waals surface area contributed by atoms with Crippen molar-refractivity contribution < 1.29 is 9.53 Å². The fourth-order valence-corrected chi connectivity index (χ4v) is 0.346. The molecule has 0 aromatic rings. The summed E-state index contributed by atoms with van der Waals surface area (Å²) in [6.07, 6.45) is 0. The van der Waals surface area contributed by atoms with E-state index in [4.69, 9.17) is 0 Å². The summed E-state index contributed by atoms with van der Waals surface area (Å²) in [6, 6.07) is 0. The van der Waals surface area contributed by atoms with Gasteiger partial charge in [0.2, 0.25) is 0 Å². The fraction of sp³-hybridized carbons (Fsp3) is 0.500. The van der Waals surface area contributed by atoms with Gasteiger partial charge in [-0.3, -0.25) is 4.79 Å². The van der Waals surface area contributed by atoms with E-state index in [0.29, 0.717) is 5.76 Å². The van der Waals surface area contributed by atoms with Crippen LogP contribution in [0.3, 0.4) is 0 Å². The molecule has 1 atom stereocenters. The van der Waals surface area contributed by atoms with Crippen molar-refractivity contribution >= 4 is 21.9 Å². The van der Waals surface area contributed by atoms with E-state index < -0.39 is 0 Å². The molecule has 0 aromatic carbocycles. The van der Waals surface area contributed by atoms with E-state index in [1.807, 2.05) is 0 Å². The monoisotopic (exact) mass is 192 g/mol. The lowest BCUT2D eigenvalue weighted by atomic mass is 10.5. The minimum Gasteiger partial charge on any atom is -0.431 e. The van der Waals surface area contributed by atoms with E-state index in [2.05, 4.69) is 27.2 Å². The smallest absolute Gasteiger partial charge is 0.324 e. The quantitative estimate of drug-likeness (QED) is 0.380. The van der Waals surface area contributed by atoms with Gasteiger partial charge in [0, 0.05) is 0 Å². The highest BCUT2D eigenvalue weighted by molar-refractivity contribution is 9.10. The predicted molar refractivity (Wildman–Crippen MR) is 39.3 cm³/mol. The maximum atomic E-state index is 10.6. The number of hydrogen-bond donors (Lipinski definition) is 0. The summed E-state index contributed by atoms with van der Waals surface area (Å²) in [5, 5.41) is 0. The first-order valence-corrected chi connectivity index (χ1v) is 3.47. The van der Waals surface area contributed by atoms with Gasteiger partial charge in [0.05, 0.1) is 5.76 Å². The van der Waals surface area contributed by atoms with Crippen molar-refractivity contribution in [3.8, 4) is 0 Å². The molecule has 0 aliphatic heterocycles. The van der Waals surface area contributed by atoms with Crippen LogP contribution in [0.15, 0.2) is 12.3 Å². The van der Waals surface area contributed by atoms with E-state index in [0.717, 1.165) is 0 Å². The highest BCUT2D eigenvalue weighted by Crippen LogP contribution is 2.02. The third kappa shape index (κ3) is 4.21. The van der Waals surface area contributed by atoms with Crippen molar-refractivity contribution in [2.24, 2.45) is 0 Å². The summed E-state index contributed by atoms with van der Waals surface area (Å²) < 4.78 is 4.63. The molecule has 0 saturated heterocycles. The predicted octanol–water partition coefficient (Wildman–Crippen LogP) is 1.85. The summed E-state index contributed by atoms with van der Waals surface area (Å²) >= 11 is 3.05. The molecule has 0 amide bonds. The molecular weight excluding hydrogens is 184 g/mol. The van der Waals surface area contributed by atoms with Crippen LogP contribution in [0.5, 0.6) is 0 Å². The molecule has 0 saturated carbocycles. The number of alkyl halides is 1. The topological polar surface area (TPSA) is 26.3 Å². The van der Waals surface area contributed by atoms with Crippen LogP contribution in [0, 0.1) is 0 Å². The van der Waals surface area contributed by atoms with E-state index in [1.165, 1.54) is 0 Å². The molecule has 1 unspecified atom stereocenters. The van der Waals surface area contributed by atoms with E-state index in [1.54, 1.807) is 13.8 Å². The van der Waals surface area contributed by atoms with Gasteiger partial charge >= 0.3 is 5.97 Å². The lowest BCUT2D eigenvalue weighted by Crippen LogP contribution is -2.12. The number of rotatable bonds is 2. The third-order valence-corrected chi connectivity index (χ3v) is 0.973. The van der Waals surface area contributed by atoms with Crippen LogP contribution in [0.25, 0.3) is 0 Å². The van der Waals surface area contributed by atoms with Crippen LogP contribution in [0.2, 0.25) is 0 Å². The highest BCUT2D eigenvalue weighted by atomic mass is 79.9. The first-order valence-electron chi connectivity index (χ1n) is 2.55. The van der Waals surface area contributed by atoms with Crippen molar-refractivity contribution in [1.82, 2.24) is 0 Å². The van der Waals surface area contributed by atoms with Gasteiger partial charge in [0.25, 0.3) is 0 Å². The molecule has 0 N–H and O–H groups in total. The van der Waals surface area contributed by atoms with Gasteiger partial charge in [0.15, 0.2) is 0 Å². The number of hydrogen-bond acceptors (Lipinski definition) is 2. The zero-order chi connectivity index (χ0) is 7.44. The minimum atomic E-state index is -0.303. The van der Waals surface area contributed by atoms with Crippen LogP contribution < -0.4 is 0 Å². The van der Waals surface area contributed by atoms with Crippen molar-refractivity contribution in [1.29, 1.82) is 0 Å². The van der Waals surface area contributed by atoms with Crippen LogP contribution >= 0.6 is 15.9 Å². The minimum absolute atomic E-state index is 0.255. The molecular formula is C6H9BrO2. The Labute approximate surface area is 63.0 Å². The molecule has 3 heteroatoms. The summed E-state index contributed by atoms with van der Waals surface area (Å²) in [6.45, 7) is 6.75. The molecule has 0 bridgehead atoms. The van der Waals surface area contributed by atoms with Gasteiger partial charge in [0.1, 0.15) is 4.83 Å². The molecule has 0 aliphatic rings. The van der Waals surface area contributed by atoms with Crippen molar-refractivity contribution in [3.05, 3.63) is 12.3 Å². The zero-order valence-corrected chi connectivity index (χ0v) is 7.06. The van der Waals surface area contributed by atoms with Crippen molar-refractivity contribution in [2.45, 2.75) is 18.7 Å². The molecule has 0 rings (SSSR count). The molecule has 0 aromatic heterocycles. The first-order chi connectivity index (χ1) is 4.04. The summed E-state index contributed by atoms with van der Waals surface area (Å²) in [7, 11) is 0. The number of carbonyl (C=O) groups excluding carboxylic acids is 1. The van der Waals surface area contributed by atoms with Crippen molar-refractivity contribution in [2.75, 3.05) is 0 Å². The maximum absolute atomic E-state index is 10.6. The highest BCUT2D eigenvalue weighted by Gasteiger charge is 2.09. The third-order valence-electron chi connectivity index (χ3n) is 0.600. The standard InChI is InChI=1S/C6H9BrO2/c1-4(2)9-6(8)5(3)7/h5H,1H2,2-3H3. The molecule has 0 fully saturated rings. The van der Waals surface area contributed by atoms with Gasteiger partial charge in [-0.25, -0.2) is 0 Å². The van der Waals surface area contributed by atoms with Crippen molar-refractivity contribution in [3.63, 3.8) is 0 Å². The summed E-state index contributed by atoms with van der Waals surface area (Å²) in [5.74, 6) is 0.119. The molecule has 0 spiro atoms. The second-order valence-electron chi connectivity index (χ2n) is 1.74. The van der Waals surface area contributed by atoms with E-state index >= 15 is 0 Å². The van der Waals surface area contributed by atoms with Gasteiger partial charge < -0.3 is 4.74 Å². The Balaban J connectivity index is 3.64. The molecule has 9 heavy (non-hydrogen) atoms. The van der Waals surface area contributed by atoms with Crippen LogP contribution in [-0.4, -0.2) is 10.8 Å². The average Bonchev–Trinajstić information content (AvgIpc) is 1.63. The van der Waals surface area contributed by atoms with E-state index in [9.17, 15) is 4.79 Å². The Kier molecular flexibility index (Phi) is 3.54. The summed E-state index contributed by atoms with van der Waals surface area (Å²) in [4.78, 5) is 10.4. The van der Waals surface area contributed by atoms with Crippen LogP contribution in [0.1, 0.15) is 13.8 Å². The zero-order valence-electron chi connectivity index (χ0n) is 5.48. The molecule has 0 radical (unpaired) electrons. The Hall–Kier alpha value is -0.310. The number of halogens is 1. The van der Waals surface area contributed by atoms with Gasteiger partial charge in [-0.15, -0.1) is 0 Å². The molecule has 0 heterocycles. The maximum Gasteiger partial charge on any atom is 0.324 e. The molecule has 0 aliphatic carbocycles. The molecule has 52 valence electrons. The van der Waals surface area contributed by atoms with Crippen LogP contribution in [0.4, 0.5) is 0 Å². The number of allylic oxidation sites excluding steroid dienone is 1. The Bertz CT molecular complexity index is 129. The largest absolute Gasteiger partial charge is 0.431 e. The first kappa shape index (κ1) is 8.69. The Morgan fingerprint density at radius 3 is 2.33 bits per heavy atom. The van der Waals surface area contributed by atoms with Gasteiger partial charge in [-0.05, 0) is 13.8 Å². The Morgan fingerprint density at radius 1 is 1.78 bits per heavy atom. The van der Waals surface area contributed by atoms with Gasteiger partial charge in [-0.2, -0.15) is 0 Å². The van der Waals surface area contributed by atoms with Crippen LogP contribution in [-0.2, 0) is 9.53 Å². The number of carbonyl (C=O) groups is 1. The number of esters is 1. The van der Waals surface area contributed by atoms with Gasteiger partial charge in [-0.1, -0.05) is 22.5 Å². The SMILES string of the molecule is C=C(C)OC(=O)C(C)Br. The lowest BCUT2D eigenvalue weighted by molar-refractivity contribution is -0.138.